The molecular weight excluding hydrogens is 280 g/mol. The molecule has 0 aromatic heterocycles. The lowest BCUT2D eigenvalue weighted by Crippen LogP contribution is -2.43. The van der Waals surface area contributed by atoms with Crippen LogP contribution < -0.4 is 10.6 Å². The molecule has 0 bridgehead atoms. The molecule has 1 saturated carbocycles. The van der Waals surface area contributed by atoms with Crippen LogP contribution in [0.4, 0.5) is 0 Å². The fourth-order valence-electron chi connectivity index (χ4n) is 2.92. The Morgan fingerprint density at radius 1 is 0.955 bits per heavy atom. The first-order valence-corrected chi connectivity index (χ1v) is 8.87. The second-order valence-corrected chi connectivity index (χ2v) is 6.68. The summed E-state index contributed by atoms with van der Waals surface area (Å²) in [5.74, 6) is 0.434. The Labute approximate surface area is 133 Å². The third-order valence-corrected chi connectivity index (χ3v) is 4.61. The maximum atomic E-state index is 12.1. The predicted octanol–water partition coefficient (Wildman–Crippen LogP) is 2.49. The van der Waals surface area contributed by atoms with Crippen molar-refractivity contribution in [2.24, 2.45) is 5.92 Å². The van der Waals surface area contributed by atoms with Gasteiger partial charge in [-0.2, -0.15) is 0 Å². The van der Waals surface area contributed by atoms with E-state index in [1.165, 1.54) is 32.1 Å². The normalized spacial score (nSPS) is 30.4. The molecule has 0 radical (unpaired) electrons. The summed E-state index contributed by atoms with van der Waals surface area (Å²) >= 11 is 0. The van der Waals surface area contributed by atoms with E-state index in [-0.39, 0.29) is 24.0 Å². The van der Waals surface area contributed by atoms with Gasteiger partial charge in [0.2, 0.25) is 5.91 Å². The topological polar surface area (TPSA) is 67.4 Å². The van der Waals surface area contributed by atoms with Gasteiger partial charge < -0.3 is 10.1 Å². The Morgan fingerprint density at radius 3 is 2.36 bits per heavy atom. The lowest BCUT2D eigenvalue weighted by atomic mass is 10.0. The summed E-state index contributed by atoms with van der Waals surface area (Å²) < 4.78 is 5.70. The molecule has 2 fully saturated rings. The molecule has 1 amide bonds. The molecule has 0 aromatic rings. The molecule has 1 aliphatic heterocycles. The van der Waals surface area contributed by atoms with Gasteiger partial charge in [0.05, 0.1) is 6.67 Å². The van der Waals surface area contributed by atoms with E-state index in [1.54, 1.807) is 6.92 Å². The minimum atomic E-state index is -0.380. The summed E-state index contributed by atoms with van der Waals surface area (Å²) in [6.07, 6.45) is 10.9. The molecule has 1 saturated heterocycles. The number of ether oxygens (including phenoxy) is 1. The Hall–Kier alpha value is -1.10. The van der Waals surface area contributed by atoms with Crippen molar-refractivity contribution >= 4 is 11.9 Å². The Bertz CT molecular complexity index is 369. The highest BCUT2D eigenvalue weighted by atomic mass is 16.5. The van der Waals surface area contributed by atoms with E-state index >= 15 is 0 Å². The van der Waals surface area contributed by atoms with Crippen LogP contribution in [0.15, 0.2) is 0 Å². The molecule has 2 N–H and O–H groups in total. The summed E-state index contributed by atoms with van der Waals surface area (Å²) in [7, 11) is 0. The first-order chi connectivity index (χ1) is 10.7. The van der Waals surface area contributed by atoms with Gasteiger partial charge in [-0.1, -0.05) is 25.7 Å². The van der Waals surface area contributed by atoms with Crippen molar-refractivity contribution in [2.75, 3.05) is 6.67 Å². The Kier molecular flexibility index (Phi) is 7.16. The second-order valence-electron chi connectivity index (χ2n) is 6.68. The van der Waals surface area contributed by atoms with Crippen molar-refractivity contribution in [1.82, 2.24) is 10.6 Å². The highest BCUT2D eigenvalue weighted by molar-refractivity contribution is 5.76. The first kappa shape index (κ1) is 17.3. The van der Waals surface area contributed by atoms with Gasteiger partial charge >= 0.3 is 5.97 Å². The number of carbonyl (C=O) groups excluding carboxylic acids is 2. The van der Waals surface area contributed by atoms with Crippen molar-refractivity contribution < 1.29 is 14.3 Å². The number of hydrogen-bond donors (Lipinski definition) is 2. The maximum absolute atomic E-state index is 12.1. The van der Waals surface area contributed by atoms with Crippen LogP contribution in [0.3, 0.4) is 0 Å². The summed E-state index contributed by atoms with van der Waals surface area (Å²) in [6, 6.07) is -0.380. The van der Waals surface area contributed by atoms with Crippen molar-refractivity contribution in [1.29, 1.82) is 0 Å². The number of hydrogen-bond acceptors (Lipinski definition) is 4. The first-order valence-electron chi connectivity index (χ1n) is 8.87. The van der Waals surface area contributed by atoms with Crippen LogP contribution in [0.2, 0.25) is 0 Å². The van der Waals surface area contributed by atoms with Gasteiger partial charge in [-0.3, -0.25) is 14.9 Å². The molecule has 2 atom stereocenters. The lowest BCUT2D eigenvalue weighted by molar-refractivity contribution is -0.152. The van der Waals surface area contributed by atoms with Crippen LogP contribution in [0, 0.1) is 5.92 Å². The van der Waals surface area contributed by atoms with Crippen molar-refractivity contribution in [3.05, 3.63) is 0 Å². The van der Waals surface area contributed by atoms with E-state index in [2.05, 4.69) is 10.6 Å². The molecule has 5 nitrogen and oxygen atoms in total. The van der Waals surface area contributed by atoms with E-state index in [0.717, 1.165) is 25.7 Å². The van der Waals surface area contributed by atoms with Gasteiger partial charge in [-0.15, -0.1) is 0 Å². The SMILES string of the molecule is CC1NCNC(=O)CCCCCCCCC(C2CC2)OC1=O. The zero-order valence-electron chi connectivity index (χ0n) is 13.7. The average molecular weight is 310 g/mol. The zero-order chi connectivity index (χ0) is 15.8. The largest absolute Gasteiger partial charge is 0.461 e. The van der Waals surface area contributed by atoms with Crippen molar-refractivity contribution in [3.63, 3.8) is 0 Å². The van der Waals surface area contributed by atoms with E-state index in [4.69, 9.17) is 4.74 Å². The van der Waals surface area contributed by atoms with E-state index < -0.39 is 0 Å². The van der Waals surface area contributed by atoms with Crippen LogP contribution in [-0.4, -0.2) is 30.7 Å². The van der Waals surface area contributed by atoms with Gasteiger partial charge in [0.1, 0.15) is 12.1 Å². The van der Waals surface area contributed by atoms with Crippen LogP contribution in [0.5, 0.6) is 0 Å². The smallest absolute Gasteiger partial charge is 0.323 e. The lowest BCUT2D eigenvalue weighted by Gasteiger charge is -2.21. The van der Waals surface area contributed by atoms with E-state index in [0.29, 0.717) is 19.0 Å². The van der Waals surface area contributed by atoms with Crippen LogP contribution >= 0.6 is 0 Å². The van der Waals surface area contributed by atoms with Gasteiger partial charge in [0.15, 0.2) is 0 Å². The number of esters is 1. The summed E-state index contributed by atoms with van der Waals surface area (Å²) in [5, 5.41) is 5.82. The highest BCUT2D eigenvalue weighted by Crippen LogP contribution is 2.36. The van der Waals surface area contributed by atoms with Crippen LogP contribution in [0.25, 0.3) is 0 Å². The van der Waals surface area contributed by atoms with Crippen molar-refractivity contribution in [2.45, 2.75) is 83.3 Å². The molecule has 2 aliphatic rings. The predicted molar refractivity (Wildman–Crippen MR) is 85.1 cm³/mol. The quantitative estimate of drug-likeness (QED) is 0.730. The molecule has 0 spiro atoms. The van der Waals surface area contributed by atoms with Crippen LogP contribution in [0.1, 0.15) is 71.1 Å². The Balaban J connectivity index is 1.83. The minimum Gasteiger partial charge on any atom is -0.461 e. The van der Waals surface area contributed by atoms with Gasteiger partial charge in [0.25, 0.3) is 0 Å². The molecule has 1 heterocycles. The third-order valence-electron chi connectivity index (χ3n) is 4.61. The molecule has 0 aromatic carbocycles. The molecular formula is C17H30N2O3. The fourth-order valence-corrected chi connectivity index (χ4v) is 2.92. The summed E-state index contributed by atoms with van der Waals surface area (Å²) in [5.41, 5.74) is 0. The number of rotatable bonds is 1. The number of cyclic esters (lactones) is 1. The van der Waals surface area contributed by atoms with E-state index in [1.807, 2.05) is 0 Å². The van der Waals surface area contributed by atoms with Gasteiger partial charge in [-0.05, 0) is 44.9 Å². The molecule has 22 heavy (non-hydrogen) atoms. The summed E-state index contributed by atoms with van der Waals surface area (Å²) in [6.45, 7) is 2.12. The van der Waals surface area contributed by atoms with E-state index in [9.17, 15) is 9.59 Å². The van der Waals surface area contributed by atoms with Gasteiger partial charge in [-0.25, -0.2) is 0 Å². The monoisotopic (exact) mass is 310 g/mol. The highest BCUT2D eigenvalue weighted by Gasteiger charge is 2.34. The van der Waals surface area contributed by atoms with Crippen molar-refractivity contribution in [3.8, 4) is 0 Å². The molecule has 5 heteroatoms. The third kappa shape index (κ3) is 6.34. The zero-order valence-corrected chi connectivity index (χ0v) is 13.7. The fraction of sp³-hybridized carbons (Fsp3) is 0.882. The molecule has 126 valence electrons. The molecule has 2 rings (SSSR count). The summed E-state index contributed by atoms with van der Waals surface area (Å²) in [4.78, 5) is 23.8. The number of nitrogens with one attached hydrogen (secondary N) is 2. The molecule has 1 aliphatic carbocycles. The number of amides is 1. The Morgan fingerprint density at radius 2 is 1.64 bits per heavy atom. The standard InChI is InChI=1S/C17H30N2O3/c1-13-17(21)22-15(14-10-11-14)8-6-4-2-3-5-7-9-16(20)19-12-18-13/h13-15,18H,2-12H2,1H3,(H,19,20). The van der Waals surface area contributed by atoms with Gasteiger partial charge in [0, 0.05) is 6.42 Å². The second kappa shape index (κ2) is 9.13. The maximum Gasteiger partial charge on any atom is 0.323 e. The number of carbonyl (C=O) groups is 2. The average Bonchev–Trinajstić information content (AvgIpc) is 3.32. The minimum absolute atomic E-state index is 0.0519. The molecule has 2 unspecified atom stereocenters. The van der Waals surface area contributed by atoms with Crippen LogP contribution in [-0.2, 0) is 14.3 Å².